The number of aliphatic hydroxyl groups excluding tert-OH is 1. The molecule has 0 aliphatic rings. The first-order valence-corrected chi connectivity index (χ1v) is 8.12. The van der Waals surface area contributed by atoms with Crippen molar-refractivity contribution in [2.24, 2.45) is 0 Å². The molecule has 2 aromatic rings. The van der Waals surface area contributed by atoms with Crippen LogP contribution in [0.25, 0.3) is 0 Å². The highest BCUT2D eigenvalue weighted by Crippen LogP contribution is 2.41. The third-order valence-electron chi connectivity index (χ3n) is 4.84. The van der Waals surface area contributed by atoms with E-state index in [1.54, 1.807) is 0 Å². The topological polar surface area (TPSA) is 23.5 Å². The van der Waals surface area contributed by atoms with E-state index in [4.69, 9.17) is 4.11 Å². The maximum absolute atomic E-state index is 11.3. The van der Waals surface area contributed by atoms with Crippen molar-refractivity contribution in [1.82, 2.24) is 4.90 Å². The highest BCUT2D eigenvalue weighted by Gasteiger charge is 2.41. The van der Waals surface area contributed by atoms with Gasteiger partial charge in [0.25, 0.3) is 0 Å². The second-order valence-corrected chi connectivity index (χ2v) is 6.44. The average Bonchev–Trinajstić information content (AvgIpc) is 2.59. The summed E-state index contributed by atoms with van der Waals surface area (Å²) in [6, 6.07) is 19.7. The van der Waals surface area contributed by atoms with Gasteiger partial charge in [-0.15, -0.1) is 0 Å². The molecule has 0 bridgehead atoms. The van der Waals surface area contributed by atoms with E-state index in [1.807, 2.05) is 74.8 Å². The van der Waals surface area contributed by atoms with Crippen LogP contribution < -0.4 is 0 Å². The molecule has 0 aliphatic carbocycles. The molecule has 124 valence electrons. The van der Waals surface area contributed by atoms with Crippen molar-refractivity contribution in [2.75, 3.05) is 14.1 Å². The molecule has 1 N–H and O–H groups in total. The molecule has 0 unspecified atom stereocenters. The zero-order valence-electron chi connectivity index (χ0n) is 17.2. The van der Waals surface area contributed by atoms with Crippen LogP contribution in [0.3, 0.4) is 0 Å². The summed E-state index contributed by atoms with van der Waals surface area (Å²) in [6.07, 6.45) is -0.662. The quantitative estimate of drug-likeness (QED) is 0.832. The van der Waals surface area contributed by atoms with Gasteiger partial charge in [-0.3, -0.25) is 0 Å². The van der Waals surface area contributed by atoms with Crippen molar-refractivity contribution in [3.05, 3.63) is 71.8 Å². The fraction of sp³-hybridized carbons (Fsp3) is 0.429. The van der Waals surface area contributed by atoms with Gasteiger partial charge >= 0.3 is 0 Å². The van der Waals surface area contributed by atoms with E-state index in [1.165, 1.54) is 0 Å². The van der Waals surface area contributed by atoms with Crippen molar-refractivity contribution >= 4 is 0 Å². The molecule has 2 nitrogen and oxygen atoms in total. The fourth-order valence-electron chi connectivity index (χ4n) is 3.22. The lowest BCUT2D eigenvalue weighted by atomic mass is 9.66. The van der Waals surface area contributed by atoms with Crippen molar-refractivity contribution in [3.8, 4) is 0 Å². The van der Waals surface area contributed by atoms with Crippen molar-refractivity contribution in [2.45, 2.75) is 44.2 Å². The van der Waals surface area contributed by atoms with E-state index in [2.05, 4.69) is 11.8 Å². The van der Waals surface area contributed by atoms with Gasteiger partial charge in [0.1, 0.15) is 0 Å². The zero-order valence-corrected chi connectivity index (χ0v) is 14.2. The lowest BCUT2D eigenvalue weighted by Gasteiger charge is -2.42. The molecule has 0 aromatic heterocycles. The maximum Gasteiger partial charge on any atom is 0.0675 e. The summed E-state index contributed by atoms with van der Waals surface area (Å²) in [5, 5.41) is 11.3. The Hall–Kier alpha value is -1.64. The molecular weight excluding hydrogens is 282 g/mol. The molecule has 23 heavy (non-hydrogen) atoms. The third kappa shape index (κ3) is 3.65. The fourth-order valence-corrected chi connectivity index (χ4v) is 3.22. The van der Waals surface area contributed by atoms with Gasteiger partial charge in [0.05, 0.1) is 6.10 Å². The molecular formula is C21H29NO. The van der Waals surface area contributed by atoms with E-state index in [0.717, 1.165) is 11.1 Å². The predicted molar refractivity (Wildman–Crippen MR) is 97.7 cm³/mol. The second-order valence-electron chi connectivity index (χ2n) is 6.44. The molecule has 0 heterocycles. The Kier molecular flexibility index (Phi) is 4.64. The first-order chi connectivity index (χ1) is 12.2. The summed E-state index contributed by atoms with van der Waals surface area (Å²) in [7, 11) is 4.00. The molecule has 0 spiro atoms. The highest BCUT2D eigenvalue weighted by molar-refractivity contribution is 5.41. The normalized spacial score (nSPS) is 17.2. The van der Waals surface area contributed by atoms with Gasteiger partial charge in [-0.05, 0) is 45.0 Å². The standard InChI is InChI=1S/C21H29NO/c1-5-20(23)21(16-17(2)22(3)4,18-12-8-6-9-13-18)19-14-10-7-11-15-19/h6-15,17,20,23H,5,16H2,1-4H3/t17-,20+/m0/s1/i1D3. The van der Waals surface area contributed by atoms with Crippen LogP contribution in [-0.4, -0.2) is 36.2 Å². The number of benzene rings is 2. The van der Waals surface area contributed by atoms with Crippen LogP contribution >= 0.6 is 0 Å². The highest BCUT2D eigenvalue weighted by atomic mass is 16.3. The number of aliphatic hydroxyl groups is 1. The first kappa shape index (κ1) is 13.8. The molecule has 0 fully saturated rings. The van der Waals surface area contributed by atoms with Crippen LogP contribution in [0.5, 0.6) is 0 Å². The Labute approximate surface area is 145 Å². The summed E-state index contributed by atoms with van der Waals surface area (Å²) >= 11 is 0. The molecule has 2 rings (SSSR count). The Balaban J connectivity index is 2.66. The SMILES string of the molecule is [2H]C([2H])([2H])C[C@@H](O)C(C[C@H](C)N(C)C)(c1ccccc1)c1ccccc1. The van der Waals surface area contributed by atoms with Crippen molar-refractivity contribution < 1.29 is 9.22 Å². The Morgan fingerprint density at radius 2 is 1.48 bits per heavy atom. The number of nitrogens with zero attached hydrogens (tertiary/aromatic N) is 1. The Morgan fingerprint density at radius 1 is 1.00 bits per heavy atom. The summed E-state index contributed by atoms with van der Waals surface area (Å²) in [5.41, 5.74) is 1.09. The number of hydrogen-bond acceptors (Lipinski definition) is 2. The predicted octanol–water partition coefficient (Wildman–Crippen LogP) is 4.08. The number of hydrogen-bond donors (Lipinski definition) is 1. The van der Waals surface area contributed by atoms with Crippen LogP contribution in [0, 0.1) is 0 Å². The molecule has 0 saturated heterocycles. The lowest BCUT2D eigenvalue weighted by molar-refractivity contribution is 0.0773. The van der Waals surface area contributed by atoms with Crippen molar-refractivity contribution in [3.63, 3.8) is 0 Å². The van der Waals surface area contributed by atoms with E-state index < -0.39 is 18.4 Å². The minimum atomic E-state index is -2.20. The molecule has 0 aliphatic heterocycles. The minimum absolute atomic E-state index is 0.154. The van der Waals surface area contributed by atoms with E-state index >= 15 is 0 Å². The molecule has 2 aromatic carbocycles. The summed E-state index contributed by atoms with van der Waals surface area (Å²) in [6.45, 7) is -0.0989. The number of rotatable bonds is 7. The summed E-state index contributed by atoms with van der Waals surface area (Å²) < 4.78 is 23.1. The minimum Gasteiger partial charge on any atom is -0.392 e. The van der Waals surface area contributed by atoms with Gasteiger partial charge < -0.3 is 10.0 Å². The van der Waals surface area contributed by atoms with Crippen LogP contribution in [0.4, 0.5) is 0 Å². The molecule has 2 atom stereocenters. The van der Waals surface area contributed by atoms with E-state index in [0.29, 0.717) is 6.42 Å². The Bertz CT molecular complexity index is 631. The van der Waals surface area contributed by atoms with Crippen molar-refractivity contribution in [1.29, 1.82) is 0 Å². The lowest BCUT2D eigenvalue weighted by Crippen LogP contribution is -2.45. The summed E-state index contributed by atoms with van der Waals surface area (Å²) in [5.74, 6) is 0. The monoisotopic (exact) mass is 314 g/mol. The van der Waals surface area contributed by atoms with Gasteiger partial charge in [-0.25, -0.2) is 0 Å². The van der Waals surface area contributed by atoms with Crippen LogP contribution in [0.2, 0.25) is 0 Å². The van der Waals surface area contributed by atoms with Crippen LogP contribution in [-0.2, 0) is 5.41 Å². The maximum atomic E-state index is 11.3. The van der Waals surface area contributed by atoms with Gasteiger partial charge in [0.15, 0.2) is 0 Å². The second kappa shape index (κ2) is 7.76. The van der Waals surface area contributed by atoms with Crippen LogP contribution in [0.15, 0.2) is 60.7 Å². The average molecular weight is 314 g/mol. The van der Waals surface area contributed by atoms with E-state index in [-0.39, 0.29) is 12.5 Å². The Morgan fingerprint density at radius 3 is 1.87 bits per heavy atom. The smallest absolute Gasteiger partial charge is 0.0675 e. The zero-order chi connectivity index (χ0) is 19.4. The molecule has 0 amide bonds. The molecule has 0 radical (unpaired) electrons. The van der Waals surface area contributed by atoms with Gasteiger partial charge in [0.2, 0.25) is 0 Å². The molecule has 2 heteroatoms. The van der Waals surface area contributed by atoms with Gasteiger partial charge in [0, 0.05) is 15.6 Å². The largest absolute Gasteiger partial charge is 0.392 e. The van der Waals surface area contributed by atoms with Gasteiger partial charge in [-0.2, -0.15) is 0 Å². The van der Waals surface area contributed by atoms with Gasteiger partial charge in [-0.1, -0.05) is 67.5 Å². The first-order valence-electron chi connectivity index (χ1n) is 9.62. The molecule has 0 saturated carbocycles. The third-order valence-corrected chi connectivity index (χ3v) is 4.84. The van der Waals surface area contributed by atoms with E-state index in [9.17, 15) is 5.11 Å². The summed E-state index contributed by atoms with van der Waals surface area (Å²) in [4.78, 5) is 2.10. The van der Waals surface area contributed by atoms with Crippen LogP contribution in [0.1, 0.15) is 41.9 Å².